The Morgan fingerprint density at radius 1 is 1.15 bits per heavy atom. The highest BCUT2D eigenvalue weighted by Gasteiger charge is 2.60. The smallest absolute Gasteiger partial charge is 0.0623 e. The molecule has 2 heteroatoms. The Kier molecular flexibility index (Phi) is 1.81. The molecule has 0 aromatic heterocycles. The maximum absolute atomic E-state index is 10.0. The van der Waals surface area contributed by atoms with Crippen LogP contribution in [0.15, 0.2) is 0 Å². The molecule has 2 bridgehead atoms. The lowest BCUT2D eigenvalue weighted by molar-refractivity contribution is -0.126. The average molecular weight is 184 g/mol. The van der Waals surface area contributed by atoms with E-state index in [0.717, 1.165) is 12.8 Å². The van der Waals surface area contributed by atoms with E-state index in [2.05, 4.69) is 20.8 Å². The lowest BCUT2D eigenvalue weighted by Gasteiger charge is -2.50. The largest absolute Gasteiger partial charge is 0.393 e. The standard InChI is InChI=1S/C11H20O2/c1-10(2)7-4-5-11(10,3)9(13)6-8(7)12/h7-9,12-13H,4-6H2,1-3H3/t7-,8+,9+,11+/m1/s1. The Labute approximate surface area is 80.0 Å². The van der Waals surface area contributed by atoms with Crippen LogP contribution in [0.2, 0.25) is 0 Å². The predicted octanol–water partition coefficient (Wildman–Crippen LogP) is 1.55. The van der Waals surface area contributed by atoms with Gasteiger partial charge in [0, 0.05) is 6.42 Å². The highest BCUT2D eigenvalue weighted by atomic mass is 16.3. The van der Waals surface area contributed by atoms with Gasteiger partial charge in [-0.25, -0.2) is 0 Å². The van der Waals surface area contributed by atoms with Gasteiger partial charge in [-0.3, -0.25) is 0 Å². The van der Waals surface area contributed by atoms with E-state index in [1.165, 1.54) is 0 Å². The molecule has 0 aliphatic heterocycles. The molecule has 2 aliphatic rings. The third-order valence-corrected chi connectivity index (χ3v) is 5.04. The molecular formula is C11H20O2. The summed E-state index contributed by atoms with van der Waals surface area (Å²) in [6.45, 7) is 6.55. The van der Waals surface area contributed by atoms with Gasteiger partial charge in [-0.1, -0.05) is 20.8 Å². The molecule has 0 heterocycles. The van der Waals surface area contributed by atoms with Gasteiger partial charge in [0.2, 0.25) is 0 Å². The SMILES string of the molecule is CC1(C)[C@@H]2CC[C@@]1(C)[C@@H](O)C[C@@H]2O. The van der Waals surface area contributed by atoms with Crippen LogP contribution in [0.1, 0.15) is 40.0 Å². The number of aliphatic hydroxyl groups is 2. The summed E-state index contributed by atoms with van der Waals surface area (Å²) in [4.78, 5) is 0. The molecule has 2 fully saturated rings. The molecule has 0 radical (unpaired) electrons. The van der Waals surface area contributed by atoms with Gasteiger partial charge in [0.05, 0.1) is 12.2 Å². The zero-order valence-electron chi connectivity index (χ0n) is 8.75. The molecule has 2 N–H and O–H groups in total. The quantitative estimate of drug-likeness (QED) is 0.599. The third kappa shape index (κ3) is 0.962. The van der Waals surface area contributed by atoms with Crippen molar-refractivity contribution in [3.05, 3.63) is 0 Å². The Bertz CT molecular complexity index is 224. The van der Waals surface area contributed by atoms with E-state index >= 15 is 0 Å². The van der Waals surface area contributed by atoms with Crippen molar-refractivity contribution in [3.63, 3.8) is 0 Å². The van der Waals surface area contributed by atoms with Gasteiger partial charge in [0.1, 0.15) is 0 Å². The second-order valence-electron chi connectivity index (χ2n) is 5.60. The molecule has 0 spiro atoms. The normalized spacial score (nSPS) is 53.8. The van der Waals surface area contributed by atoms with Crippen molar-refractivity contribution in [1.29, 1.82) is 0 Å². The first kappa shape index (κ1) is 9.47. The summed E-state index contributed by atoms with van der Waals surface area (Å²) in [7, 11) is 0. The fraction of sp³-hybridized carbons (Fsp3) is 1.00. The van der Waals surface area contributed by atoms with Gasteiger partial charge < -0.3 is 10.2 Å². The topological polar surface area (TPSA) is 40.5 Å². The lowest BCUT2D eigenvalue weighted by atomic mass is 9.57. The van der Waals surface area contributed by atoms with E-state index in [9.17, 15) is 10.2 Å². The van der Waals surface area contributed by atoms with E-state index in [1.54, 1.807) is 0 Å². The molecule has 2 nitrogen and oxygen atoms in total. The number of rotatable bonds is 0. The summed E-state index contributed by atoms with van der Waals surface area (Å²) in [5.41, 5.74) is 0.112. The zero-order chi connectivity index (χ0) is 9.85. The molecule has 4 atom stereocenters. The van der Waals surface area contributed by atoms with Crippen LogP contribution in [0, 0.1) is 16.7 Å². The van der Waals surface area contributed by atoms with Crippen molar-refractivity contribution >= 4 is 0 Å². The maximum Gasteiger partial charge on any atom is 0.0623 e. The van der Waals surface area contributed by atoms with Crippen LogP contribution in [0.3, 0.4) is 0 Å². The van der Waals surface area contributed by atoms with E-state index in [4.69, 9.17) is 0 Å². The summed E-state index contributed by atoms with van der Waals surface area (Å²) < 4.78 is 0. The fourth-order valence-corrected chi connectivity index (χ4v) is 3.48. The lowest BCUT2D eigenvalue weighted by Crippen LogP contribution is -2.52. The summed E-state index contributed by atoms with van der Waals surface area (Å²) >= 11 is 0. The maximum atomic E-state index is 10.0. The van der Waals surface area contributed by atoms with Crippen LogP contribution in [-0.2, 0) is 0 Å². The molecule has 0 unspecified atom stereocenters. The first-order chi connectivity index (χ1) is 5.89. The first-order valence-electron chi connectivity index (χ1n) is 5.26. The van der Waals surface area contributed by atoms with Gasteiger partial charge in [-0.05, 0) is 29.6 Å². The van der Waals surface area contributed by atoms with E-state index < -0.39 is 0 Å². The third-order valence-electron chi connectivity index (χ3n) is 5.04. The number of hydrogen-bond acceptors (Lipinski definition) is 2. The van der Waals surface area contributed by atoms with Crippen LogP contribution < -0.4 is 0 Å². The second kappa shape index (κ2) is 2.48. The van der Waals surface area contributed by atoms with Gasteiger partial charge in [-0.2, -0.15) is 0 Å². The van der Waals surface area contributed by atoms with Crippen LogP contribution >= 0.6 is 0 Å². The molecule has 0 saturated heterocycles. The monoisotopic (exact) mass is 184 g/mol. The first-order valence-corrected chi connectivity index (χ1v) is 5.26. The van der Waals surface area contributed by atoms with E-state index in [0.29, 0.717) is 12.3 Å². The fourth-order valence-electron chi connectivity index (χ4n) is 3.48. The molecular weight excluding hydrogens is 164 g/mol. The van der Waals surface area contributed by atoms with Gasteiger partial charge in [0.25, 0.3) is 0 Å². The molecule has 0 aromatic carbocycles. The van der Waals surface area contributed by atoms with Crippen LogP contribution in [0.4, 0.5) is 0 Å². The average Bonchev–Trinajstić information content (AvgIpc) is 2.16. The summed E-state index contributed by atoms with van der Waals surface area (Å²) in [6, 6.07) is 0. The minimum atomic E-state index is -0.323. The minimum Gasteiger partial charge on any atom is -0.393 e. The summed E-state index contributed by atoms with van der Waals surface area (Å²) in [6.07, 6.45) is 2.09. The summed E-state index contributed by atoms with van der Waals surface area (Å²) in [5.74, 6) is 0.390. The molecule has 0 aromatic rings. The van der Waals surface area contributed by atoms with Crippen molar-refractivity contribution in [2.45, 2.75) is 52.2 Å². The Balaban J connectivity index is 2.39. The number of aliphatic hydroxyl groups excluding tert-OH is 2. The number of hydrogen-bond donors (Lipinski definition) is 2. The van der Waals surface area contributed by atoms with Crippen molar-refractivity contribution in [3.8, 4) is 0 Å². The Morgan fingerprint density at radius 2 is 1.77 bits per heavy atom. The zero-order valence-corrected chi connectivity index (χ0v) is 8.75. The van der Waals surface area contributed by atoms with Crippen molar-refractivity contribution in [2.75, 3.05) is 0 Å². The minimum absolute atomic E-state index is 0.0247. The second-order valence-corrected chi connectivity index (χ2v) is 5.60. The summed E-state index contributed by atoms with van der Waals surface area (Å²) in [5, 5.41) is 19.9. The van der Waals surface area contributed by atoms with Crippen LogP contribution in [-0.4, -0.2) is 22.4 Å². The molecule has 0 amide bonds. The van der Waals surface area contributed by atoms with Crippen LogP contribution in [0.25, 0.3) is 0 Å². The molecule has 2 rings (SSSR count). The molecule has 13 heavy (non-hydrogen) atoms. The van der Waals surface area contributed by atoms with Gasteiger partial charge >= 0.3 is 0 Å². The van der Waals surface area contributed by atoms with Gasteiger partial charge in [-0.15, -0.1) is 0 Å². The highest BCUT2D eigenvalue weighted by Crippen LogP contribution is 2.62. The number of fused-ring (bicyclic) bond motifs is 2. The predicted molar refractivity (Wildman–Crippen MR) is 51.2 cm³/mol. The Hall–Kier alpha value is -0.0800. The van der Waals surface area contributed by atoms with Crippen molar-refractivity contribution < 1.29 is 10.2 Å². The van der Waals surface area contributed by atoms with E-state index in [-0.39, 0.29) is 23.0 Å². The van der Waals surface area contributed by atoms with E-state index in [1.807, 2.05) is 0 Å². The molecule has 2 saturated carbocycles. The Morgan fingerprint density at radius 3 is 2.38 bits per heavy atom. The highest BCUT2D eigenvalue weighted by molar-refractivity contribution is 5.09. The van der Waals surface area contributed by atoms with Crippen LogP contribution in [0.5, 0.6) is 0 Å². The van der Waals surface area contributed by atoms with Crippen molar-refractivity contribution in [1.82, 2.24) is 0 Å². The molecule has 2 aliphatic carbocycles. The van der Waals surface area contributed by atoms with Crippen molar-refractivity contribution in [2.24, 2.45) is 16.7 Å². The molecule has 76 valence electrons. The van der Waals surface area contributed by atoms with Gasteiger partial charge in [0.15, 0.2) is 0 Å².